The second-order valence-corrected chi connectivity index (χ2v) is 11.7. The number of thiazole rings is 1. The minimum absolute atomic E-state index is 0.0362. The number of ether oxygens (including phenoxy) is 3. The molecule has 1 aromatic heterocycles. The van der Waals surface area contributed by atoms with Crippen molar-refractivity contribution in [2.24, 2.45) is 4.99 Å². The second-order valence-electron chi connectivity index (χ2n) is 10.7. The predicted molar refractivity (Wildman–Crippen MR) is 180 cm³/mol. The number of aromatic nitrogens is 1. The highest BCUT2D eigenvalue weighted by Gasteiger charge is 2.32. The maximum absolute atomic E-state index is 14.2. The van der Waals surface area contributed by atoms with Gasteiger partial charge in [0.1, 0.15) is 18.2 Å². The summed E-state index contributed by atoms with van der Waals surface area (Å²) in [6, 6.07) is 27.5. The molecular weight excluding hydrogens is 617 g/mol. The zero-order chi connectivity index (χ0) is 32.9. The highest BCUT2D eigenvalue weighted by Crippen LogP contribution is 2.33. The number of carbonyl (C=O) groups excluding carboxylic acids is 1. The number of benzene rings is 4. The zero-order valence-electron chi connectivity index (χ0n) is 26.0. The average Bonchev–Trinajstić information content (AvgIpc) is 3.38. The normalized spacial score (nSPS) is 14.3. The average molecular weight is 650 g/mol. The van der Waals surface area contributed by atoms with E-state index in [9.17, 15) is 14.0 Å². The summed E-state index contributed by atoms with van der Waals surface area (Å²) in [5.74, 6) is 0.821. The summed E-state index contributed by atoms with van der Waals surface area (Å²) in [6.07, 6.45) is 1.76. The third kappa shape index (κ3) is 6.73. The van der Waals surface area contributed by atoms with Gasteiger partial charge in [0.25, 0.3) is 11.5 Å². The summed E-state index contributed by atoms with van der Waals surface area (Å²) < 4.78 is 33.4. The third-order valence-electron chi connectivity index (χ3n) is 7.61. The van der Waals surface area contributed by atoms with Gasteiger partial charge in [-0.05, 0) is 73.5 Å². The lowest BCUT2D eigenvalue weighted by molar-refractivity contribution is -0.113. The molecule has 6 rings (SSSR count). The predicted octanol–water partition coefficient (Wildman–Crippen LogP) is 6.00. The van der Waals surface area contributed by atoms with Crippen LogP contribution in [0.4, 0.5) is 10.1 Å². The maximum Gasteiger partial charge on any atom is 0.271 e. The molecule has 10 heteroatoms. The van der Waals surface area contributed by atoms with Crippen LogP contribution in [0.1, 0.15) is 36.6 Å². The molecule has 1 N–H and O–H groups in total. The van der Waals surface area contributed by atoms with Crippen LogP contribution in [0.2, 0.25) is 0 Å². The van der Waals surface area contributed by atoms with Crippen LogP contribution < -0.4 is 34.4 Å². The lowest BCUT2D eigenvalue weighted by atomic mass is 9.95. The van der Waals surface area contributed by atoms with Gasteiger partial charge in [-0.1, -0.05) is 65.9 Å². The number of nitrogens with one attached hydrogen (secondary N) is 1. The first-order valence-electron chi connectivity index (χ1n) is 15.0. The van der Waals surface area contributed by atoms with E-state index in [0.717, 1.165) is 0 Å². The number of hydrogen-bond donors (Lipinski definition) is 1. The molecule has 0 fully saturated rings. The molecule has 1 aliphatic rings. The number of allylic oxidation sites excluding steroid dienone is 1. The van der Waals surface area contributed by atoms with E-state index in [1.54, 1.807) is 73.2 Å². The molecule has 0 aliphatic carbocycles. The van der Waals surface area contributed by atoms with E-state index in [4.69, 9.17) is 19.2 Å². The van der Waals surface area contributed by atoms with Crippen LogP contribution in [-0.2, 0) is 11.4 Å². The van der Waals surface area contributed by atoms with Crippen molar-refractivity contribution in [3.05, 3.63) is 151 Å². The van der Waals surface area contributed by atoms with E-state index in [1.807, 2.05) is 49.4 Å². The highest BCUT2D eigenvalue weighted by molar-refractivity contribution is 7.07. The zero-order valence-corrected chi connectivity index (χ0v) is 26.8. The topological polar surface area (TPSA) is 91.2 Å². The lowest BCUT2D eigenvalue weighted by Gasteiger charge is -2.25. The Hall–Kier alpha value is -5.48. The molecule has 0 unspecified atom stereocenters. The van der Waals surface area contributed by atoms with Gasteiger partial charge in [-0.3, -0.25) is 14.2 Å². The van der Waals surface area contributed by atoms with Gasteiger partial charge in [-0.25, -0.2) is 9.38 Å². The maximum atomic E-state index is 14.2. The second kappa shape index (κ2) is 13.9. The minimum Gasteiger partial charge on any atom is -0.497 e. The van der Waals surface area contributed by atoms with Crippen molar-refractivity contribution < 1.29 is 23.4 Å². The molecule has 2 heterocycles. The van der Waals surface area contributed by atoms with Crippen LogP contribution in [0.3, 0.4) is 0 Å². The number of carbonyl (C=O) groups is 1. The van der Waals surface area contributed by atoms with Crippen molar-refractivity contribution in [3.63, 3.8) is 0 Å². The molecule has 0 spiro atoms. The number of para-hydroxylation sites is 1. The summed E-state index contributed by atoms with van der Waals surface area (Å²) in [4.78, 5) is 33.2. The van der Waals surface area contributed by atoms with Gasteiger partial charge >= 0.3 is 0 Å². The number of amides is 1. The van der Waals surface area contributed by atoms with Crippen LogP contribution in [0.5, 0.6) is 17.2 Å². The number of halogens is 1. The number of anilines is 1. The number of rotatable bonds is 10. The summed E-state index contributed by atoms with van der Waals surface area (Å²) in [5.41, 5.74) is 3.04. The van der Waals surface area contributed by atoms with Gasteiger partial charge in [0.15, 0.2) is 16.3 Å². The SMILES string of the molecule is CCOc1cc(/C=c2\sc3n(c2=O)[C@H](c2cccc(OC)c2)C(C(=O)Nc2ccccc2)=C(C)N=3)ccc1OCc1ccccc1F. The van der Waals surface area contributed by atoms with E-state index in [-0.39, 0.29) is 23.9 Å². The van der Waals surface area contributed by atoms with Gasteiger partial charge in [0.2, 0.25) is 0 Å². The van der Waals surface area contributed by atoms with Crippen LogP contribution in [0.15, 0.2) is 118 Å². The van der Waals surface area contributed by atoms with E-state index < -0.39 is 6.04 Å². The molecule has 1 atom stereocenters. The summed E-state index contributed by atoms with van der Waals surface area (Å²) in [7, 11) is 1.57. The fourth-order valence-corrected chi connectivity index (χ4v) is 6.43. The van der Waals surface area contributed by atoms with Crippen molar-refractivity contribution in [2.75, 3.05) is 19.0 Å². The van der Waals surface area contributed by atoms with Crippen molar-refractivity contribution >= 4 is 29.0 Å². The van der Waals surface area contributed by atoms with Crippen LogP contribution in [0, 0.1) is 5.82 Å². The first-order valence-corrected chi connectivity index (χ1v) is 15.8. The summed E-state index contributed by atoms with van der Waals surface area (Å²) in [5, 5.41) is 2.96. The number of hydrogen-bond acceptors (Lipinski definition) is 7. The monoisotopic (exact) mass is 649 g/mol. The molecule has 0 radical (unpaired) electrons. The quantitative estimate of drug-likeness (QED) is 0.201. The fraction of sp³-hybridized carbons (Fsp3) is 0.162. The standard InChI is InChI=1S/C37H32FN3O5S/c1-4-45-31-19-24(17-18-30(31)46-22-26-11-8-9-16-29(26)38)20-32-36(43)41-34(25-12-10-15-28(21-25)44-3)33(23(2)39-37(41)47-32)35(42)40-27-13-6-5-7-14-27/h5-21,34H,4,22H2,1-3H3,(H,40,42)/b32-20-/t34-/m1/s1. The Morgan fingerprint density at radius 2 is 1.77 bits per heavy atom. The van der Waals surface area contributed by atoms with E-state index in [0.29, 0.717) is 66.8 Å². The van der Waals surface area contributed by atoms with Crippen LogP contribution in [0.25, 0.3) is 6.08 Å². The molecule has 47 heavy (non-hydrogen) atoms. The van der Waals surface area contributed by atoms with E-state index in [1.165, 1.54) is 17.4 Å². The lowest BCUT2D eigenvalue weighted by Crippen LogP contribution is -2.40. The molecule has 1 aliphatic heterocycles. The largest absolute Gasteiger partial charge is 0.497 e. The molecule has 0 bridgehead atoms. The Labute approximate surface area is 274 Å². The first kappa shape index (κ1) is 31.5. The fourth-order valence-electron chi connectivity index (χ4n) is 5.38. The van der Waals surface area contributed by atoms with Crippen molar-refractivity contribution in [3.8, 4) is 17.2 Å². The first-order chi connectivity index (χ1) is 22.9. The van der Waals surface area contributed by atoms with Crippen LogP contribution in [-0.4, -0.2) is 24.2 Å². The number of fused-ring (bicyclic) bond motifs is 1. The van der Waals surface area contributed by atoms with Gasteiger partial charge in [-0.15, -0.1) is 0 Å². The molecule has 0 saturated carbocycles. The minimum atomic E-state index is -0.750. The van der Waals surface area contributed by atoms with Gasteiger partial charge < -0.3 is 19.5 Å². The van der Waals surface area contributed by atoms with Crippen LogP contribution >= 0.6 is 11.3 Å². The van der Waals surface area contributed by atoms with Gasteiger partial charge in [0, 0.05) is 11.3 Å². The van der Waals surface area contributed by atoms with Gasteiger partial charge in [0.05, 0.1) is 35.6 Å². The molecule has 4 aromatic carbocycles. The Kier molecular flexibility index (Phi) is 9.30. The van der Waals surface area contributed by atoms with E-state index >= 15 is 0 Å². The van der Waals surface area contributed by atoms with Crippen molar-refractivity contribution in [1.82, 2.24) is 4.57 Å². The highest BCUT2D eigenvalue weighted by atomic mass is 32.1. The van der Waals surface area contributed by atoms with Crippen molar-refractivity contribution in [2.45, 2.75) is 26.5 Å². The third-order valence-corrected chi connectivity index (χ3v) is 8.60. The molecular formula is C37H32FN3O5S. The summed E-state index contributed by atoms with van der Waals surface area (Å²) in [6.45, 7) is 4.06. The Bertz CT molecular complexity index is 2160. The molecule has 1 amide bonds. The smallest absolute Gasteiger partial charge is 0.271 e. The Morgan fingerprint density at radius 1 is 0.979 bits per heavy atom. The Morgan fingerprint density at radius 3 is 2.53 bits per heavy atom. The van der Waals surface area contributed by atoms with Crippen molar-refractivity contribution in [1.29, 1.82) is 0 Å². The molecule has 238 valence electrons. The Balaban J connectivity index is 1.40. The number of methoxy groups -OCH3 is 1. The van der Waals surface area contributed by atoms with E-state index in [2.05, 4.69) is 5.32 Å². The van der Waals surface area contributed by atoms with Gasteiger partial charge in [-0.2, -0.15) is 0 Å². The molecule has 0 saturated heterocycles. The summed E-state index contributed by atoms with van der Waals surface area (Å²) >= 11 is 1.24. The number of nitrogens with zero attached hydrogens (tertiary/aromatic N) is 2. The molecule has 5 aromatic rings. The molecule has 8 nitrogen and oxygen atoms in total.